The lowest BCUT2D eigenvalue weighted by Crippen LogP contribution is -2.48. The van der Waals surface area contributed by atoms with Crippen LogP contribution in [0.4, 0.5) is 4.39 Å². The molecular weight excluding hydrogens is 281 g/mol. The van der Waals surface area contributed by atoms with Gasteiger partial charge in [0.2, 0.25) is 0 Å². The second kappa shape index (κ2) is 5.82. The lowest BCUT2D eigenvalue weighted by Gasteiger charge is -2.45. The molecule has 4 heteroatoms. The molecule has 4 atom stereocenters. The number of ether oxygens (including phenoxy) is 1. The molecule has 1 N–H and O–H groups in total. The van der Waals surface area contributed by atoms with Crippen LogP contribution in [0.15, 0.2) is 18.2 Å². The first-order chi connectivity index (χ1) is 10.5. The summed E-state index contributed by atoms with van der Waals surface area (Å²) < 4.78 is 19.9. The van der Waals surface area contributed by atoms with Gasteiger partial charge < -0.3 is 14.7 Å². The summed E-state index contributed by atoms with van der Waals surface area (Å²) in [5.74, 6) is 0.878. The fraction of sp³-hybridized carbons (Fsp3) is 0.667. The highest BCUT2D eigenvalue weighted by Crippen LogP contribution is 2.55. The fourth-order valence-electron chi connectivity index (χ4n) is 4.65. The number of rotatable bonds is 4. The lowest BCUT2D eigenvalue weighted by atomic mass is 9.65. The summed E-state index contributed by atoms with van der Waals surface area (Å²) in [5, 5.41) is 11.5. The van der Waals surface area contributed by atoms with Gasteiger partial charge in [0.25, 0.3) is 0 Å². The lowest BCUT2D eigenvalue weighted by molar-refractivity contribution is -0.0914. The Hall–Kier alpha value is -1.13. The van der Waals surface area contributed by atoms with Crippen LogP contribution in [0.25, 0.3) is 0 Å². The predicted molar refractivity (Wildman–Crippen MR) is 84.3 cm³/mol. The van der Waals surface area contributed by atoms with Gasteiger partial charge in [-0.15, -0.1) is 0 Å². The first-order valence-electron chi connectivity index (χ1n) is 8.15. The minimum Gasteiger partial charge on any atom is -0.494 e. The molecule has 0 amide bonds. The molecule has 0 spiro atoms. The smallest absolute Gasteiger partial charge is 0.171 e. The molecule has 22 heavy (non-hydrogen) atoms. The van der Waals surface area contributed by atoms with E-state index in [0.29, 0.717) is 23.8 Å². The first kappa shape index (κ1) is 15.8. The van der Waals surface area contributed by atoms with Gasteiger partial charge >= 0.3 is 0 Å². The standard InChI is InChI=1S/C18H26FNO2/c1-20(2)11-15-13-8-7-12(9-13)10-18(15,21)14-5-4-6-16(22-3)17(14)19/h4-6,12-13,15,21H,7-11H2,1-3H3/t12-,13+,15?,18?/m1/s1. The molecule has 1 aromatic carbocycles. The quantitative estimate of drug-likeness (QED) is 0.928. The Bertz CT molecular complexity index is 548. The molecule has 0 aromatic heterocycles. The molecule has 1 aromatic rings. The second-order valence-electron chi connectivity index (χ2n) is 7.26. The van der Waals surface area contributed by atoms with Crippen molar-refractivity contribution in [2.45, 2.75) is 31.3 Å². The van der Waals surface area contributed by atoms with E-state index in [-0.39, 0.29) is 11.7 Å². The van der Waals surface area contributed by atoms with Gasteiger partial charge in [-0.3, -0.25) is 0 Å². The van der Waals surface area contributed by atoms with Gasteiger partial charge in [0.15, 0.2) is 11.6 Å². The molecular formula is C18H26FNO2. The average Bonchev–Trinajstić information content (AvgIpc) is 2.87. The number of methoxy groups -OCH3 is 1. The van der Waals surface area contributed by atoms with Crippen LogP contribution in [0.2, 0.25) is 0 Å². The van der Waals surface area contributed by atoms with Crippen molar-refractivity contribution in [3.05, 3.63) is 29.6 Å². The molecule has 2 fully saturated rings. The zero-order chi connectivity index (χ0) is 15.9. The summed E-state index contributed by atoms with van der Waals surface area (Å²) in [6.45, 7) is 0.782. The molecule has 2 bridgehead atoms. The number of hydrogen-bond acceptors (Lipinski definition) is 3. The van der Waals surface area contributed by atoms with Gasteiger partial charge in [-0.05, 0) is 51.3 Å². The van der Waals surface area contributed by atoms with E-state index in [4.69, 9.17) is 4.74 Å². The van der Waals surface area contributed by atoms with Crippen molar-refractivity contribution in [2.24, 2.45) is 17.8 Å². The molecule has 0 radical (unpaired) electrons. The summed E-state index contributed by atoms with van der Waals surface area (Å²) in [6.07, 6.45) is 4.14. The topological polar surface area (TPSA) is 32.7 Å². The summed E-state index contributed by atoms with van der Waals surface area (Å²) in [7, 11) is 5.50. The van der Waals surface area contributed by atoms with Gasteiger partial charge in [-0.1, -0.05) is 18.6 Å². The highest BCUT2D eigenvalue weighted by Gasteiger charge is 2.52. The van der Waals surface area contributed by atoms with E-state index >= 15 is 0 Å². The molecule has 0 aliphatic heterocycles. The summed E-state index contributed by atoms with van der Waals surface area (Å²) in [5.41, 5.74) is -0.678. The third-order valence-electron chi connectivity index (χ3n) is 5.58. The third kappa shape index (κ3) is 2.52. The number of halogens is 1. The minimum atomic E-state index is -1.09. The number of benzene rings is 1. The summed E-state index contributed by atoms with van der Waals surface area (Å²) >= 11 is 0. The monoisotopic (exact) mass is 307 g/mol. The van der Waals surface area contributed by atoms with Crippen LogP contribution in [-0.2, 0) is 5.60 Å². The second-order valence-corrected chi connectivity index (χ2v) is 7.26. The minimum absolute atomic E-state index is 0.0721. The van der Waals surface area contributed by atoms with E-state index in [1.54, 1.807) is 18.2 Å². The molecule has 3 rings (SSSR count). The van der Waals surface area contributed by atoms with E-state index in [2.05, 4.69) is 4.90 Å². The highest BCUT2D eigenvalue weighted by atomic mass is 19.1. The van der Waals surface area contributed by atoms with Crippen LogP contribution >= 0.6 is 0 Å². The largest absolute Gasteiger partial charge is 0.494 e. The molecule has 3 nitrogen and oxygen atoms in total. The average molecular weight is 307 g/mol. The zero-order valence-corrected chi connectivity index (χ0v) is 13.7. The Morgan fingerprint density at radius 2 is 2.14 bits per heavy atom. The molecule has 2 aliphatic rings. The van der Waals surface area contributed by atoms with Gasteiger partial charge in [0.1, 0.15) is 0 Å². The molecule has 2 aliphatic carbocycles. The maximum absolute atomic E-state index is 14.8. The predicted octanol–water partition coefficient (Wildman–Crippen LogP) is 3.02. The van der Waals surface area contributed by atoms with Gasteiger partial charge in [0, 0.05) is 18.0 Å². The Balaban J connectivity index is 2.04. The van der Waals surface area contributed by atoms with Crippen molar-refractivity contribution in [2.75, 3.05) is 27.7 Å². The van der Waals surface area contributed by atoms with Crippen LogP contribution in [-0.4, -0.2) is 37.8 Å². The Labute approximate surface area is 132 Å². The van der Waals surface area contributed by atoms with Crippen LogP contribution in [0.1, 0.15) is 31.2 Å². The summed E-state index contributed by atoms with van der Waals surface area (Å²) in [4.78, 5) is 2.10. The third-order valence-corrected chi connectivity index (χ3v) is 5.58. The van der Waals surface area contributed by atoms with Gasteiger partial charge in [-0.25, -0.2) is 4.39 Å². The highest BCUT2D eigenvalue weighted by molar-refractivity contribution is 5.36. The molecule has 0 saturated heterocycles. The number of nitrogens with zero attached hydrogens (tertiary/aromatic N) is 1. The van der Waals surface area contributed by atoms with Gasteiger partial charge in [0.05, 0.1) is 12.7 Å². The van der Waals surface area contributed by atoms with Crippen molar-refractivity contribution >= 4 is 0 Å². The first-order valence-corrected chi connectivity index (χ1v) is 8.15. The Morgan fingerprint density at radius 1 is 1.36 bits per heavy atom. The van der Waals surface area contributed by atoms with Crippen molar-refractivity contribution < 1.29 is 14.2 Å². The maximum Gasteiger partial charge on any atom is 0.171 e. The SMILES string of the molecule is COc1cccc(C2(O)C[C@@H]3CC[C@@H](C3)C2CN(C)C)c1F. The van der Waals surface area contributed by atoms with E-state index in [9.17, 15) is 9.50 Å². The van der Waals surface area contributed by atoms with E-state index in [0.717, 1.165) is 19.4 Å². The van der Waals surface area contributed by atoms with E-state index in [1.807, 2.05) is 14.1 Å². The van der Waals surface area contributed by atoms with Crippen molar-refractivity contribution in [1.82, 2.24) is 4.90 Å². The van der Waals surface area contributed by atoms with E-state index < -0.39 is 11.4 Å². The van der Waals surface area contributed by atoms with Crippen LogP contribution in [0.3, 0.4) is 0 Å². The molecule has 2 saturated carbocycles. The van der Waals surface area contributed by atoms with Crippen LogP contribution in [0, 0.1) is 23.6 Å². The number of aliphatic hydroxyl groups is 1. The van der Waals surface area contributed by atoms with Crippen LogP contribution < -0.4 is 4.74 Å². The molecule has 0 heterocycles. The molecule has 2 unspecified atom stereocenters. The summed E-state index contributed by atoms with van der Waals surface area (Å²) in [6, 6.07) is 5.12. The van der Waals surface area contributed by atoms with Crippen molar-refractivity contribution in [3.63, 3.8) is 0 Å². The van der Waals surface area contributed by atoms with Crippen molar-refractivity contribution in [3.8, 4) is 5.75 Å². The number of hydrogen-bond donors (Lipinski definition) is 1. The Kier molecular flexibility index (Phi) is 4.17. The van der Waals surface area contributed by atoms with Crippen LogP contribution in [0.5, 0.6) is 5.75 Å². The van der Waals surface area contributed by atoms with E-state index in [1.165, 1.54) is 13.5 Å². The number of fused-ring (bicyclic) bond motifs is 2. The normalized spacial score (nSPS) is 34.2. The fourth-order valence-corrected chi connectivity index (χ4v) is 4.65. The van der Waals surface area contributed by atoms with Crippen molar-refractivity contribution in [1.29, 1.82) is 0 Å². The Morgan fingerprint density at radius 3 is 2.82 bits per heavy atom. The van der Waals surface area contributed by atoms with Gasteiger partial charge in [-0.2, -0.15) is 0 Å². The zero-order valence-electron chi connectivity index (χ0n) is 13.7. The molecule has 122 valence electrons. The maximum atomic E-state index is 14.8.